The van der Waals surface area contributed by atoms with Gasteiger partial charge in [0.2, 0.25) is 0 Å². The van der Waals surface area contributed by atoms with E-state index in [9.17, 15) is 0 Å². The second kappa shape index (κ2) is 5.44. The van der Waals surface area contributed by atoms with Gasteiger partial charge < -0.3 is 9.80 Å². The molecule has 0 radical (unpaired) electrons. The van der Waals surface area contributed by atoms with E-state index < -0.39 is 0 Å². The molecule has 5 heterocycles. The standard InChI is InChI=1S/C21H35N3/c1-22-19-4-5-21(22)18(8-19)13-24-12-14-2-3-20(24)7-17(14)11-23-9-15-6-16(15)10-23/h14-21H,2-13H2,1H3. The van der Waals surface area contributed by atoms with Crippen molar-refractivity contribution in [1.29, 1.82) is 0 Å². The van der Waals surface area contributed by atoms with E-state index in [1.807, 2.05) is 0 Å². The topological polar surface area (TPSA) is 9.72 Å². The average Bonchev–Trinajstić information content (AvgIpc) is 2.91. The predicted octanol–water partition coefficient (Wildman–Crippen LogP) is 2.52. The Morgan fingerprint density at radius 1 is 0.708 bits per heavy atom. The van der Waals surface area contributed by atoms with Crippen molar-refractivity contribution in [3.05, 3.63) is 0 Å². The molecule has 0 aromatic carbocycles. The predicted molar refractivity (Wildman–Crippen MR) is 96.9 cm³/mol. The van der Waals surface area contributed by atoms with E-state index in [0.29, 0.717) is 0 Å². The van der Waals surface area contributed by atoms with Crippen molar-refractivity contribution in [2.45, 2.75) is 63.1 Å². The Bertz CT molecular complexity index is 497. The highest BCUT2D eigenvalue weighted by Gasteiger charge is 2.49. The molecule has 7 aliphatic rings. The number of nitrogens with zero attached hydrogens (tertiary/aromatic N) is 3. The molecule has 0 aromatic heterocycles. The molecule has 0 amide bonds. The lowest BCUT2D eigenvalue weighted by atomic mass is 9.71. The summed E-state index contributed by atoms with van der Waals surface area (Å²) >= 11 is 0. The van der Waals surface area contributed by atoms with Crippen LogP contribution in [0.5, 0.6) is 0 Å². The summed E-state index contributed by atoms with van der Waals surface area (Å²) in [6.07, 6.45) is 10.6. The zero-order chi connectivity index (χ0) is 15.8. The molecule has 5 aliphatic heterocycles. The average molecular weight is 330 g/mol. The van der Waals surface area contributed by atoms with Crippen molar-refractivity contribution in [1.82, 2.24) is 14.7 Å². The van der Waals surface area contributed by atoms with Gasteiger partial charge in [-0.25, -0.2) is 0 Å². The van der Waals surface area contributed by atoms with Crippen LogP contribution in [0.4, 0.5) is 0 Å². The van der Waals surface area contributed by atoms with Crippen LogP contribution in [-0.2, 0) is 0 Å². The Morgan fingerprint density at radius 2 is 1.50 bits per heavy atom. The fraction of sp³-hybridized carbons (Fsp3) is 1.00. The lowest BCUT2D eigenvalue weighted by molar-refractivity contribution is -0.0172. The summed E-state index contributed by atoms with van der Waals surface area (Å²) in [5.41, 5.74) is 0. The SMILES string of the molecule is CN1C2CCC1C(CN1CC3CCC1CC3CN1CC3CC3C1)C2. The van der Waals surface area contributed by atoms with Crippen LogP contribution in [0.15, 0.2) is 0 Å². The first-order valence-corrected chi connectivity index (χ1v) is 10.9. The fourth-order valence-electron chi connectivity index (χ4n) is 7.65. The van der Waals surface area contributed by atoms with Crippen LogP contribution in [0.25, 0.3) is 0 Å². The van der Waals surface area contributed by atoms with Gasteiger partial charge in [-0.2, -0.15) is 0 Å². The number of hydrogen-bond acceptors (Lipinski definition) is 3. The van der Waals surface area contributed by atoms with Crippen LogP contribution in [0.2, 0.25) is 0 Å². The molecule has 8 unspecified atom stereocenters. The van der Waals surface area contributed by atoms with E-state index in [2.05, 4.69) is 21.7 Å². The van der Waals surface area contributed by atoms with Crippen LogP contribution >= 0.6 is 0 Å². The van der Waals surface area contributed by atoms with Gasteiger partial charge in [-0.05, 0) is 81.6 Å². The Kier molecular flexibility index (Phi) is 3.40. The Balaban J connectivity index is 1.07. The third-order valence-electron chi connectivity index (χ3n) is 9.13. The summed E-state index contributed by atoms with van der Waals surface area (Å²) in [7, 11) is 2.39. The minimum Gasteiger partial charge on any atom is -0.302 e. The molecule has 5 saturated heterocycles. The Labute approximate surface area is 147 Å². The molecule has 2 saturated carbocycles. The molecule has 0 spiro atoms. The van der Waals surface area contributed by atoms with Gasteiger partial charge in [0, 0.05) is 50.8 Å². The van der Waals surface area contributed by atoms with Gasteiger partial charge in [-0.15, -0.1) is 0 Å². The van der Waals surface area contributed by atoms with Crippen LogP contribution in [-0.4, -0.2) is 72.6 Å². The summed E-state index contributed by atoms with van der Waals surface area (Å²) < 4.78 is 0. The van der Waals surface area contributed by atoms with Gasteiger partial charge >= 0.3 is 0 Å². The summed E-state index contributed by atoms with van der Waals surface area (Å²) in [4.78, 5) is 8.50. The first-order valence-electron chi connectivity index (χ1n) is 10.9. The first-order chi connectivity index (χ1) is 11.7. The van der Waals surface area contributed by atoms with Crippen molar-refractivity contribution >= 4 is 0 Å². The molecule has 24 heavy (non-hydrogen) atoms. The maximum Gasteiger partial charge on any atom is 0.0137 e. The maximum absolute atomic E-state index is 2.95. The van der Waals surface area contributed by atoms with E-state index in [1.54, 1.807) is 6.42 Å². The fourth-order valence-corrected chi connectivity index (χ4v) is 7.65. The van der Waals surface area contributed by atoms with Gasteiger partial charge in [-0.3, -0.25) is 4.90 Å². The molecular formula is C21H35N3. The number of rotatable bonds is 4. The molecule has 8 atom stereocenters. The highest BCUT2D eigenvalue weighted by molar-refractivity contribution is 5.03. The van der Waals surface area contributed by atoms with E-state index in [-0.39, 0.29) is 0 Å². The second-order valence-electron chi connectivity index (χ2n) is 10.4. The summed E-state index contributed by atoms with van der Waals surface area (Å²) in [5, 5.41) is 0. The molecular weight excluding hydrogens is 294 g/mol. The van der Waals surface area contributed by atoms with Crippen LogP contribution in [0, 0.1) is 29.6 Å². The molecule has 0 N–H and O–H groups in total. The number of fused-ring (bicyclic) bond motifs is 6. The second-order valence-corrected chi connectivity index (χ2v) is 10.4. The normalized spacial score (nSPS) is 53.9. The highest BCUT2D eigenvalue weighted by Crippen LogP contribution is 2.47. The quantitative estimate of drug-likeness (QED) is 0.785. The number of piperidine rings is 3. The largest absolute Gasteiger partial charge is 0.302 e. The minimum atomic E-state index is 0.919. The zero-order valence-electron chi connectivity index (χ0n) is 15.4. The smallest absolute Gasteiger partial charge is 0.0137 e. The lowest BCUT2D eigenvalue weighted by Gasteiger charge is -2.51. The summed E-state index contributed by atoms with van der Waals surface area (Å²) in [6.45, 7) is 7.19. The van der Waals surface area contributed by atoms with Crippen molar-refractivity contribution < 1.29 is 0 Å². The molecule has 4 bridgehead atoms. The highest BCUT2D eigenvalue weighted by atomic mass is 15.3. The van der Waals surface area contributed by atoms with E-state index >= 15 is 0 Å². The summed E-state index contributed by atoms with van der Waals surface area (Å²) in [5.74, 6) is 5.25. The third kappa shape index (κ3) is 2.34. The van der Waals surface area contributed by atoms with E-state index in [0.717, 1.165) is 47.7 Å². The monoisotopic (exact) mass is 329 g/mol. The van der Waals surface area contributed by atoms with Crippen LogP contribution in [0.1, 0.15) is 44.9 Å². The maximum atomic E-state index is 2.95. The third-order valence-corrected chi connectivity index (χ3v) is 9.13. The van der Waals surface area contributed by atoms with E-state index in [1.165, 1.54) is 71.2 Å². The van der Waals surface area contributed by atoms with Crippen LogP contribution < -0.4 is 0 Å². The van der Waals surface area contributed by atoms with Gasteiger partial charge in [0.25, 0.3) is 0 Å². The first kappa shape index (κ1) is 15.0. The minimum absolute atomic E-state index is 0.919. The van der Waals surface area contributed by atoms with Crippen molar-refractivity contribution in [3.8, 4) is 0 Å². The molecule has 3 heteroatoms. The number of hydrogen-bond donors (Lipinski definition) is 0. The van der Waals surface area contributed by atoms with Gasteiger partial charge in [0.05, 0.1) is 0 Å². The van der Waals surface area contributed by atoms with Crippen LogP contribution in [0.3, 0.4) is 0 Å². The van der Waals surface area contributed by atoms with Gasteiger partial charge in [0.1, 0.15) is 0 Å². The molecule has 7 rings (SSSR count). The molecule has 0 aromatic rings. The summed E-state index contributed by atoms with van der Waals surface area (Å²) in [6, 6.07) is 2.78. The van der Waals surface area contributed by atoms with Gasteiger partial charge in [-0.1, -0.05) is 0 Å². The molecule has 2 aliphatic carbocycles. The Morgan fingerprint density at radius 3 is 2.17 bits per heavy atom. The molecule has 3 nitrogen and oxygen atoms in total. The van der Waals surface area contributed by atoms with Crippen molar-refractivity contribution in [3.63, 3.8) is 0 Å². The van der Waals surface area contributed by atoms with Crippen molar-refractivity contribution in [2.24, 2.45) is 29.6 Å². The van der Waals surface area contributed by atoms with Crippen molar-refractivity contribution in [2.75, 3.05) is 39.8 Å². The lowest BCUT2D eigenvalue weighted by Crippen LogP contribution is -2.55. The molecule has 134 valence electrons. The number of likely N-dealkylation sites (tertiary alicyclic amines) is 1. The zero-order valence-corrected chi connectivity index (χ0v) is 15.4. The molecule has 7 fully saturated rings. The van der Waals surface area contributed by atoms with E-state index in [4.69, 9.17) is 0 Å². The van der Waals surface area contributed by atoms with Gasteiger partial charge in [0.15, 0.2) is 0 Å². The Hall–Kier alpha value is -0.120.